The number of piperazine rings is 1. The van der Waals surface area contributed by atoms with Crippen molar-refractivity contribution in [1.29, 1.82) is 0 Å². The zero-order valence-corrected chi connectivity index (χ0v) is 9.91. The summed E-state index contributed by atoms with van der Waals surface area (Å²) in [5, 5.41) is 3.14. The molecule has 1 saturated heterocycles. The quantitative estimate of drug-likeness (QED) is 0.592. The third-order valence-electron chi connectivity index (χ3n) is 2.82. The number of benzene rings is 1. The number of alkyl halides is 3. The van der Waals surface area contributed by atoms with Crippen LogP contribution < -0.4 is 22.6 Å². The summed E-state index contributed by atoms with van der Waals surface area (Å²) in [6.45, 7) is 2.93. The third-order valence-corrected chi connectivity index (χ3v) is 2.82. The lowest BCUT2D eigenvalue weighted by Gasteiger charge is -2.26. The van der Waals surface area contributed by atoms with Crippen LogP contribution in [0.1, 0.15) is 5.56 Å². The molecule has 0 amide bonds. The molecule has 6 heteroatoms. The molecular formula is C11H14ClF3N2. The molecule has 0 atom stereocenters. The summed E-state index contributed by atoms with van der Waals surface area (Å²) in [6.07, 6.45) is -4.26. The van der Waals surface area contributed by atoms with Crippen LogP contribution in [0.2, 0.25) is 0 Å². The predicted octanol–water partition coefficient (Wildman–Crippen LogP) is -2.17. The van der Waals surface area contributed by atoms with E-state index in [1.165, 1.54) is 6.07 Å². The Balaban J connectivity index is 0.00000144. The zero-order valence-electron chi connectivity index (χ0n) is 9.15. The molecule has 1 aliphatic heterocycles. The van der Waals surface area contributed by atoms with Crippen molar-refractivity contribution in [2.24, 2.45) is 0 Å². The lowest BCUT2D eigenvalue weighted by molar-refractivity contribution is -0.835. The molecular weight excluding hydrogens is 253 g/mol. The second kappa shape index (κ2) is 5.71. The number of nitrogens with one attached hydrogen (secondary N) is 2. The Morgan fingerprint density at radius 3 is 2.24 bits per heavy atom. The summed E-state index contributed by atoms with van der Waals surface area (Å²) in [6, 6.07) is 5.83. The maximum atomic E-state index is 12.8. The molecule has 0 saturated carbocycles. The van der Waals surface area contributed by atoms with Crippen LogP contribution in [0, 0.1) is 0 Å². The largest absolute Gasteiger partial charge is 1.00 e. The van der Waals surface area contributed by atoms with Gasteiger partial charge in [-0.1, -0.05) is 12.1 Å². The van der Waals surface area contributed by atoms with E-state index in [4.69, 9.17) is 0 Å². The molecule has 1 aliphatic rings. The van der Waals surface area contributed by atoms with E-state index < -0.39 is 11.7 Å². The minimum atomic E-state index is -4.26. The van der Waals surface area contributed by atoms with Crippen LogP contribution in [0.4, 0.5) is 18.9 Å². The first-order valence-electron chi connectivity index (χ1n) is 5.31. The van der Waals surface area contributed by atoms with Gasteiger partial charge in [0, 0.05) is 13.1 Å². The van der Waals surface area contributed by atoms with Crippen molar-refractivity contribution in [2.45, 2.75) is 6.18 Å². The Kier molecular flexibility index (Phi) is 4.80. The highest BCUT2D eigenvalue weighted by Crippen LogP contribution is 2.32. The number of hydrogen-bond donors (Lipinski definition) is 2. The van der Waals surface area contributed by atoms with Gasteiger partial charge in [-0.3, -0.25) is 4.90 Å². The molecule has 2 rings (SSSR count). The van der Waals surface area contributed by atoms with Crippen molar-refractivity contribution in [2.75, 3.05) is 26.2 Å². The standard InChI is InChI=1S/C11H13F3N2.ClH/c12-11(13,14)9-3-1-2-4-10(9)16-7-5-15-6-8-16;/h1-4,15H,5-8H2;1H. The molecule has 2 N–H and O–H groups in total. The summed E-state index contributed by atoms with van der Waals surface area (Å²) in [4.78, 5) is 0.909. The highest BCUT2D eigenvalue weighted by atomic mass is 35.5. The average molecular weight is 267 g/mol. The lowest BCUT2D eigenvalue weighted by Crippen LogP contribution is -3.10. The molecule has 0 aliphatic carbocycles. The SMILES string of the molecule is FC(F)(F)c1ccccc1[NH+]1CCNCC1.[Cl-]. The van der Waals surface area contributed by atoms with Crippen molar-refractivity contribution in [3.8, 4) is 0 Å². The Morgan fingerprint density at radius 1 is 1.06 bits per heavy atom. The number of quaternary nitrogens is 1. The molecule has 1 heterocycles. The highest BCUT2D eigenvalue weighted by molar-refractivity contribution is 5.41. The Morgan fingerprint density at radius 2 is 1.65 bits per heavy atom. The molecule has 96 valence electrons. The minimum Gasteiger partial charge on any atom is -1.00 e. The summed E-state index contributed by atoms with van der Waals surface area (Å²) in [5.41, 5.74) is -0.136. The summed E-state index contributed by atoms with van der Waals surface area (Å²) in [5.74, 6) is 0. The van der Waals surface area contributed by atoms with E-state index in [9.17, 15) is 13.2 Å². The van der Waals surface area contributed by atoms with Crippen LogP contribution in [-0.4, -0.2) is 26.2 Å². The van der Waals surface area contributed by atoms with Crippen molar-refractivity contribution >= 4 is 5.69 Å². The maximum Gasteiger partial charge on any atom is 0.422 e. The molecule has 1 fully saturated rings. The second-order valence-electron chi connectivity index (χ2n) is 3.90. The fraction of sp³-hybridized carbons (Fsp3) is 0.455. The first-order valence-corrected chi connectivity index (χ1v) is 5.31. The van der Waals surface area contributed by atoms with E-state index in [1.54, 1.807) is 12.1 Å². The molecule has 2 nitrogen and oxygen atoms in total. The Bertz CT molecular complexity index is 362. The molecule has 0 unspecified atom stereocenters. The Labute approximate surface area is 104 Å². The van der Waals surface area contributed by atoms with Gasteiger partial charge in [0.05, 0.1) is 13.1 Å². The van der Waals surface area contributed by atoms with Gasteiger partial charge in [-0.05, 0) is 12.1 Å². The average Bonchev–Trinajstić information content (AvgIpc) is 2.29. The van der Waals surface area contributed by atoms with Crippen molar-refractivity contribution in [3.63, 3.8) is 0 Å². The van der Waals surface area contributed by atoms with E-state index >= 15 is 0 Å². The predicted molar refractivity (Wildman–Crippen MR) is 54.7 cm³/mol. The first kappa shape index (κ1) is 14.3. The number of rotatable bonds is 1. The van der Waals surface area contributed by atoms with Crippen LogP contribution in [0.15, 0.2) is 24.3 Å². The van der Waals surface area contributed by atoms with E-state index in [-0.39, 0.29) is 12.4 Å². The van der Waals surface area contributed by atoms with E-state index in [1.807, 2.05) is 0 Å². The topological polar surface area (TPSA) is 16.5 Å². The normalized spacial score (nSPS) is 17.6. The third kappa shape index (κ3) is 3.34. The number of halogens is 4. The summed E-state index contributed by atoms with van der Waals surface area (Å²) in [7, 11) is 0. The van der Waals surface area contributed by atoms with Gasteiger partial charge in [0.15, 0.2) is 0 Å². The van der Waals surface area contributed by atoms with Crippen LogP contribution in [-0.2, 0) is 6.18 Å². The number of hydrogen-bond acceptors (Lipinski definition) is 1. The van der Waals surface area contributed by atoms with Crippen LogP contribution in [0.5, 0.6) is 0 Å². The van der Waals surface area contributed by atoms with Gasteiger partial charge in [0.25, 0.3) is 0 Å². The zero-order chi connectivity index (χ0) is 11.6. The van der Waals surface area contributed by atoms with E-state index in [2.05, 4.69) is 5.32 Å². The highest BCUT2D eigenvalue weighted by Gasteiger charge is 2.37. The lowest BCUT2D eigenvalue weighted by atomic mass is 10.1. The molecule has 0 spiro atoms. The van der Waals surface area contributed by atoms with Gasteiger partial charge in [-0.25, -0.2) is 0 Å². The second-order valence-corrected chi connectivity index (χ2v) is 3.90. The van der Waals surface area contributed by atoms with Crippen molar-refractivity contribution < 1.29 is 30.5 Å². The summed E-state index contributed by atoms with van der Waals surface area (Å²) >= 11 is 0. The van der Waals surface area contributed by atoms with Crippen LogP contribution in [0.25, 0.3) is 0 Å². The van der Waals surface area contributed by atoms with Gasteiger partial charge in [-0.15, -0.1) is 0 Å². The molecule has 0 aromatic heterocycles. The minimum absolute atomic E-state index is 0. The van der Waals surface area contributed by atoms with Gasteiger partial charge in [0.1, 0.15) is 11.3 Å². The fourth-order valence-corrected chi connectivity index (χ4v) is 2.04. The summed E-state index contributed by atoms with van der Waals surface area (Å²) < 4.78 is 38.3. The molecule has 0 bridgehead atoms. The van der Waals surface area contributed by atoms with Crippen LogP contribution >= 0.6 is 0 Å². The first-order chi connectivity index (χ1) is 7.59. The van der Waals surface area contributed by atoms with E-state index in [0.29, 0.717) is 18.8 Å². The van der Waals surface area contributed by atoms with Gasteiger partial charge in [-0.2, -0.15) is 13.2 Å². The maximum absolute atomic E-state index is 12.8. The van der Waals surface area contributed by atoms with Gasteiger partial charge >= 0.3 is 6.18 Å². The Hall–Kier alpha value is -0.780. The molecule has 17 heavy (non-hydrogen) atoms. The molecule has 1 aromatic carbocycles. The molecule has 0 radical (unpaired) electrons. The van der Waals surface area contributed by atoms with E-state index in [0.717, 1.165) is 24.1 Å². The van der Waals surface area contributed by atoms with Gasteiger partial charge in [0.2, 0.25) is 0 Å². The number of para-hydroxylation sites is 1. The van der Waals surface area contributed by atoms with Gasteiger partial charge < -0.3 is 17.7 Å². The monoisotopic (exact) mass is 266 g/mol. The van der Waals surface area contributed by atoms with Crippen molar-refractivity contribution in [3.05, 3.63) is 29.8 Å². The smallest absolute Gasteiger partial charge is 0.422 e. The fourth-order valence-electron chi connectivity index (χ4n) is 2.04. The van der Waals surface area contributed by atoms with Crippen LogP contribution in [0.3, 0.4) is 0 Å². The van der Waals surface area contributed by atoms with Crippen molar-refractivity contribution in [1.82, 2.24) is 5.32 Å². The molecule has 1 aromatic rings.